The van der Waals surface area contributed by atoms with E-state index in [0.29, 0.717) is 16.4 Å². The average molecular weight is 286 g/mol. The van der Waals surface area contributed by atoms with E-state index in [4.69, 9.17) is 0 Å². The Kier molecular flexibility index (Phi) is 4.82. The van der Waals surface area contributed by atoms with E-state index in [1.807, 2.05) is 18.7 Å². The molecule has 100 valence electrons. The fourth-order valence-corrected chi connectivity index (χ4v) is 3.52. The molecule has 0 bridgehead atoms. The molecule has 0 aliphatic heterocycles. The van der Waals surface area contributed by atoms with E-state index in [1.54, 1.807) is 0 Å². The van der Waals surface area contributed by atoms with Crippen molar-refractivity contribution in [2.24, 2.45) is 0 Å². The summed E-state index contributed by atoms with van der Waals surface area (Å²) in [5.74, 6) is 0. The Morgan fingerprint density at radius 3 is 2.94 bits per heavy atom. The van der Waals surface area contributed by atoms with Gasteiger partial charge >= 0.3 is 6.03 Å². The van der Waals surface area contributed by atoms with E-state index in [1.165, 1.54) is 17.8 Å². The van der Waals surface area contributed by atoms with Crippen LogP contribution in [-0.2, 0) is 6.42 Å². The first-order valence-corrected chi connectivity index (χ1v) is 8.24. The van der Waals surface area contributed by atoms with Gasteiger partial charge < -0.3 is 5.32 Å². The van der Waals surface area contributed by atoms with Crippen LogP contribution >= 0.6 is 23.1 Å². The predicted molar refractivity (Wildman–Crippen MR) is 76.4 cm³/mol. The van der Waals surface area contributed by atoms with Crippen LogP contribution in [-0.4, -0.2) is 33.8 Å². The SMILES string of the molecule is CCc1nnc(NC(=O)N[C@@H]2CC[C@H](SC)C2)s1. The number of amides is 2. The molecule has 5 nitrogen and oxygen atoms in total. The highest BCUT2D eigenvalue weighted by Gasteiger charge is 2.25. The Bertz CT molecular complexity index is 410. The van der Waals surface area contributed by atoms with Crippen LogP contribution in [0.2, 0.25) is 0 Å². The summed E-state index contributed by atoms with van der Waals surface area (Å²) < 4.78 is 0. The molecule has 18 heavy (non-hydrogen) atoms. The normalized spacial score (nSPS) is 23.0. The molecule has 1 fully saturated rings. The van der Waals surface area contributed by atoms with Crippen LogP contribution in [0.4, 0.5) is 9.93 Å². The smallest absolute Gasteiger partial charge is 0.321 e. The van der Waals surface area contributed by atoms with Crippen molar-refractivity contribution in [2.45, 2.75) is 43.9 Å². The van der Waals surface area contributed by atoms with Crippen LogP contribution in [0.25, 0.3) is 0 Å². The van der Waals surface area contributed by atoms with Gasteiger partial charge in [-0.3, -0.25) is 5.32 Å². The number of anilines is 1. The van der Waals surface area contributed by atoms with Crippen LogP contribution in [0.5, 0.6) is 0 Å². The highest BCUT2D eigenvalue weighted by atomic mass is 32.2. The van der Waals surface area contributed by atoms with Crippen LogP contribution in [0.1, 0.15) is 31.2 Å². The fraction of sp³-hybridized carbons (Fsp3) is 0.727. The third-order valence-corrected chi connectivity index (χ3v) is 5.12. The molecule has 7 heteroatoms. The molecule has 0 unspecified atom stereocenters. The van der Waals surface area contributed by atoms with Crippen LogP contribution in [0.3, 0.4) is 0 Å². The maximum atomic E-state index is 11.8. The molecule has 1 aliphatic rings. The summed E-state index contributed by atoms with van der Waals surface area (Å²) in [6.07, 6.45) is 6.28. The maximum absolute atomic E-state index is 11.8. The Morgan fingerprint density at radius 2 is 2.33 bits per heavy atom. The lowest BCUT2D eigenvalue weighted by molar-refractivity contribution is 0.248. The molecule has 2 N–H and O–H groups in total. The molecule has 1 saturated carbocycles. The van der Waals surface area contributed by atoms with Gasteiger partial charge in [0.1, 0.15) is 5.01 Å². The van der Waals surface area contributed by atoms with E-state index >= 15 is 0 Å². The van der Waals surface area contributed by atoms with E-state index in [-0.39, 0.29) is 6.03 Å². The molecule has 1 aromatic heterocycles. The Labute approximate surface area is 115 Å². The summed E-state index contributed by atoms with van der Waals surface area (Å²) in [4.78, 5) is 11.8. The number of carbonyl (C=O) groups is 1. The Balaban J connectivity index is 1.78. The number of hydrogen-bond donors (Lipinski definition) is 2. The van der Waals surface area contributed by atoms with Crippen molar-refractivity contribution in [3.8, 4) is 0 Å². The van der Waals surface area contributed by atoms with Gasteiger partial charge in [-0.1, -0.05) is 18.3 Å². The number of carbonyl (C=O) groups excluding carboxylic acids is 1. The molecular formula is C11H18N4OS2. The largest absolute Gasteiger partial charge is 0.335 e. The van der Waals surface area contributed by atoms with Crippen molar-refractivity contribution >= 4 is 34.3 Å². The van der Waals surface area contributed by atoms with E-state index in [9.17, 15) is 4.79 Å². The first-order valence-electron chi connectivity index (χ1n) is 6.14. The average Bonchev–Trinajstić information content (AvgIpc) is 2.98. The van der Waals surface area contributed by atoms with Crippen molar-refractivity contribution in [1.82, 2.24) is 15.5 Å². The molecule has 0 saturated heterocycles. The molecule has 1 aliphatic carbocycles. The molecule has 2 rings (SSSR count). The van der Waals surface area contributed by atoms with Gasteiger partial charge in [0, 0.05) is 11.3 Å². The van der Waals surface area contributed by atoms with Crippen molar-refractivity contribution < 1.29 is 4.79 Å². The first kappa shape index (κ1) is 13.6. The van der Waals surface area contributed by atoms with Crippen molar-refractivity contribution in [3.63, 3.8) is 0 Å². The third-order valence-electron chi connectivity index (χ3n) is 3.04. The minimum Gasteiger partial charge on any atom is -0.335 e. The lowest BCUT2D eigenvalue weighted by atomic mass is 10.2. The zero-order valence-corrected chi connectivity index (χ0v) is 12.2. The van der Waals surface area contributed by atoms with Crippen molar-refractivity contribution in [1.29, 1.82) is 0 Å². The number of aromatic nitrogens is 2. The molecular weight excluding hydrogens is 268 g/mol. The van der Waals surface area contributed by atoms with Gasteiger partial charge in [-0.25, -0.2) is 4.79 Å². The quantitative estimate of drug-likeness (QED) is 0.892. The Hall–Kier alpha value is -0.820. The van der Waals surface area contributed by atoms with Crippen LogP contribution in [0, 0.1) is 0 Å². The number of rotatable bonds is 4. The van der Waals surface area contributed by atoms with Crippen LogP contribution in [0.15, 0.2) is 0 Å². The molecule has 2 atom stereocenters. The molecule has 0 spiro atoms. The minimum atomic E-state index is -0.166. The number of nitrogens with zero attached hydrogens (tertiary/aromatic N) is 2. The minimum absolute atomic E-state index is 0.166. The van der Waals surface area contributed by atoms with Gasteiger partial charge in [-0.05, 0) is 31.9 Å². The molecule has 0 aromatic carbocycles. The monoisotopic (exact) mass is 286 g/mol. The zero-order chi connectivity index (χ0) is 13.0. The second-order valence-electron chi connectivity index (χ2n) is 4.32. The summed E-state index contributed by atoms with van der Waals surface area (Å²) >= 11 is 3.31. The van der Waals surface area contributed by atoms with Gasteiger partial charge in [0.25, 0.3) is 0 Å². The second-order valence-corrected chi connectivity index (χ2v) is 6.52. The number of hydrogen-bond acceptors (Lipinski definition) is 5. The number of urea groups is 1. The zero-order valence-electron chi connectivity index (χ0n) is 10.6. The molecule has 1 aromatic rings. The van der Waals surface area contributed by atoms with Gasteiger partial charge in [0.15, 0.2) is 0 Å². The fourth-order valence-electron chi connectivity index (χ4n) is 2.05. The summed E-state index contributed by atoms with van der Waals surface area (Å²) in [5, 5.41) is 15.8. The lowest BCUT2D eigenvalue weighted by Gasteiger charge is -2.12. The van der Waals surface area contributed by atoms with Gasteiger partial charge in [-0.15, -0.1) is 10.2 Å². The number of thioether (sulfide) groups is 1. The summed E-state index contributed by atoms with van der Waals surface area (Å²) in [6.45, 7) is 2.02. The predicted octanol–water partition coefficient (Wildman–Crippen LogP) is 2.51. The second kappa shape index (κ2) is 6.38. The topological polar surface area (TPSA) is 66.9 Å². The number of aryl methyl sites for hydroxylation is 1. The Morgan fingerprint density at radius 1 is 1.50 bits per heavy atom. The summed E-state index contributed by atoms with van der Waals surface area (Å²) in [6, 6.07) is 0.126. The summed E-state index contributed by atoms with van der Waals surface area (Å²) in [7, 11) is 0. The molecule has 1 heterocycles. The standard InChI is InChI=1S/C11H18N4OS2/c1-3-9-14-15-11(18-9)13-10(16)12-7-4-5-8(6-7)17-2/h7-8H,3-6H2,1-2H3,(H2,12,13,15,16)/t7-,8+/m1/s1. The van der Waals surface area contributed by atoms with E-state index in [2.05, 4.69) is 27.1 Å². The molecule has 0 radical (unpaired) electrons. The van der Waals surface area contributed by atoms with Crippen molar-refractivity contribution in [2.75, 3.05) is 11.6 Å². The highest BCUT2D eigenvalue weighted by molar-refractivity contribution is 7.99. The van der Waals surface area contributed by atoms with E-state index in [0.717, 1.165) is 24.3 Å². The number of nitrogens with one attached hydrogen (secondary N) is 2. The van der Waals surface area contributed by atoms with Gasteiger partial charge in [0.05, 0.1) is 0 Å². The maximum Gasteiger partial charge on any atom is 0.321 e. The van der Waals surface area contributed by atoms with Crippen LogP contribution < -0.4 is 10.6 Å². The lowest BCUT2D eigenvalue weighted by Crippen LogP contribution is -2.36. The van der Waals surface area contributed by atoms with E-state index < -0.39 is 0 Å². The third kappa shape index (κ3) is 3.58. The van der Waals surface area contributed by atoms with Gasteiger partial charge in [0.2, 0.25) is 5.13 Å². The highest BCUT2D eigenvalue weighted by Crippen LogP contribution is 2.28. The first-order chi connectivity index (χ1) is 8.71. The van der Waals surface area contributed by atoms with Gasteiger partial charge in [-0.2, -0.15) is 11.8 Å². The summed E-state index contributed by atoms with van der Waals surface area (Å²) in [5.41, 5.74) is 0. The molecule has 2 amide bonds. The van der Waals surface area contributed by atoms with Crippen molar-refractivity contribution in [3.05, 3.63) is 5.01 Å².